The van der Waals surface area contributed by atoms with Gasteiger partial charge in [0.1, 0.15) is 6.54 Å². The Morgan fingerprint density at radius 3 is 2.29 bits per heavy atom. The number of hydrogen-bond donors (Lipinski definition) is 0. The van der Waals surface area contributed by atoms with Crippen molar-refractivity contribution in [1.82, 2.24) is 4.90 Å². The Labute approximate surface area is 187 Å². The number of carbonyl (C=O) groups is 2. The van der Waals surface area contributed by atoms with E-state index < -0.39 is 0 Å². The first-order valence-corrected chi connectivity index (χ1v) is 10.5. The lowest BCUT2D eigenvalue weighted by Gasteiger charge is -2.23. The zero-order valence-electron chi connectivity index (χ0n) is 17.6. The van der Waals surface area contributed by atoms with Crippen LogP contribution in [0.3, 0.4) is 0 Å². The Bertz CT molecular complexity index is 1090. The van der Waals surface area contributed by atoms with Crippen molar-refractivity contribution in [1.29, 1.82) is 0 Å². The number of rotatable bonds is 4. The largest absolute Gasteiger partial charge is 0.378 e. The van der Waals surface area contributed by atoms with Gasteiger partial charge in [-0.2, -0.15) is 0 Å². The summed E-state index contributed by atoms with van der Waals surface area (Å²) in [6.45, 7) is 0.845. The van der Waals surface area contributed by atoms with Gasteiger partial charge >= 0.3 is 0 Å². The maximum absolute atomic E-state index is 13.3. The molecule has 0 saturated carbocycles. The van der Waals surface area contributed by atoms with Crippen LogP contribution < -0.4 is 9.80 Å². The van der Waals surface area contributed by atoms with Crippen LogP contribution in [0.5, 0.6) is 0 Å². The van der Waals surface area contributed by atoms with Crippen LogP contribution in [0, 0.1) is 0 Å². The molecule has 158 valence electrons. The zero-order valence-corrected chi connectivity index (χ0v) is 18.3. The Morgan fingerprint density at radius 1 is 0.935 bits per heavy atom. The first-order chi connectivity index (χ1) is 14.9. The quantitative estimate of drug-likeness (QED) is 0.604. The van der Waals surface area contributed by atoms with Crippen molar-refractivity contribution >= 4 is 34.8 Å². The molecule has 3 aromatic rings. The summed E-state index contributed by atoms with van der Waals surface area (Å²) in [5.74, 6) is -0.291. The fraction of sp³-hybridized carbons (Fsp3) is 0.200. The van der Waals surface area contributed by atoms with Gasteiger partial charge in [0.05, 0.1) is 6.54 Å². The zero-order chi connectivity index (χ0) is 22.0. The van der Waals surface area contributed by atoms with Crippen molar-refractivity contribution in [2.75, 3.05) is 30.4 Å². The van der Waals surface area contributed by atoms with Gasteiger partial charge in [-0.1, -0.05) is 41.9 Å². The van der Waals surface area contributed by atoms with Crippen LogP contribution in [0.15, 0.2) is 72.8 Å². The Morgan fingerprint density at radius 2 is 1.61 bits per heavy atom. The second-order valence-corrected chi connectivity index (χ2v) is 8.27. The van der Waals surface area contributed by atoms with Crippen molar-refractivity contribution in [2.45, 2.75) is 13.1 Å². The maximum atomic E-state index is 13.3. The van der Waals surface area contributed by atoms with Gasteiger partial charge < -0.3 is 14.7 Å². The number of fused-ring (bicyclic) bond motifs is 1. The molecule has 3 aromatic carbocycles. The molecule has 1 aliphatic rings. The monoisotopic (exact) mass is 433 g/mol. The maximum Gasteiger partial charge on any atom is 0.254 e. The normalized spacial score (nSPS) is 13.6. The molecule has 0 aromatic heterocycles. The lowest BCUT2D eigenvalue weighted by Crippen LogP contribution is -2.39. The molecule has 0 fully saturated rings. The Kier molecular flexibility index (Phi) is 5.96. The highest BCUT2D eigenvalue weighted by atomic mass is 35.5. The summed E-state index contributed by atoms with van der Waals surface area (Å²) in [6.07, 6.45) is 0. The smallest absolute Gasteiger partial charge is 0.254 e. The van der Waals surface area contributed by atoms with E-state index in [1.54, 1.807) is 34.1 Å². The van der Waals surface area contributed by atoms with E-state index >= 15 is 0 Å². The number of anilines is 2. The summed E-state index contributed by atoms with van der Waals surface area (Å²) in [5.41, 5.74) is 4.44. The lowest BCUT2D eigenvalue weighted by molar-refractivity contribution is -0.119. The molecule has 0 aliphatic carbocycles. The number of benzene rings is 3. The molecule has 0 unspecified atom stereocenters. The van der Waals surface area contributed by atoms with Crippen LogP contribution in [0.2, 0.25) is 5.02 Å². The number of carbonyl (C=O) groups excluding carboxylic acids is 2. The van der Waals surface area contributed by atoms with Crippen molar-refractivity contribution in [2.24, 2.45) is 0 Å². The second kappa shape index (κ2) is 8.82. The molecule has 0 radical (unpaired) electrons. The molecular weight excluding hydrogens is 410 g/mol. The first-order valence-electron chi connectivity index (χ1n) is 10.1. The third kappa shape index (κ3) is 4.57. The second-order valence-electron chi connectivity index (χ2n) is 7.84. The average Bonchev–Trinajstić information content (AvgIpc) is 2.91. The molecule has 5 nitrogen and oxygen atoms in total. The van der Waals surface area contributed by atoms with Crippen LogP contribution in [-0.2, 0) is 17.9 Å². The summed E-state index contributed by atoms with van der Waals surface area (Å²) in [5, 5.41) is 0.570. The first kappa shape index (κ1) is 20.9. The van der Waals surface area contributed by atoms with Gasteiger partial charge in [0.25, 0.3) is 5.91 Å². The van der Waals surface area contributed by atoms with E-state index in [2.05, 4.69) is 0 Å². The van der Waals surface area contributed by atoms with E-state index in [1.165, 1.54) is 0 Å². The highest BCUT2D eigenvalue weighted by molar-refractivity contribution is 6.30. The number of halogens is 1. The number of hydrogen-bond acceptors (Lipinski definition) is 3. The van der Waals surface area contributed by atoms with Crippen LogP contribution in [-0.4, -0.2) is 37.4 Å². The SMILES string of the molecule is CN(C)c1ccc(CN2C(=O)CN(C(=O)c3ccc(Cl)cc3)Cc3ccccc32)cc1. The molecule has 1 heterocycles. The number of nitrogens with zero attached hydrogens (tertiary/aromatic N) is 3. The summed E-state index contributed by atoms with van der Waals surface area (Å²) in [4.78, 5) is 31.8. The summed E-state index contributed by atoms with van der Waals surface area (Å²) in [7, 11) is 3.99. The van der Waals surface area contributed by atoms with Gasteiger partial charge in [-0.05, 0) is 53.6 Å². The molecule has 0 N–H and O–H groups in total. The third-order valence-corrected chi connectivity index (χ3v) is 5.69. The molecular formula is C25H24ClN3O2. The van der Waals surface area contributed by atoms with E-state index in [0.717, 1.165) is 22.5 Å². The van der Waals surface area contributed by atoms with Crippen molar-refractivity contribution < 1.29 is 9.59 Å². The number of para-hydroxylation sites is 1. The highest BCUT2D eigenvalue weighted by Crippen LogP contribution is 2.28. The molecule has 0 bridgehead atoms. The van der Waals surface area contributed by atoms with Crippen LogP contribution in [0.25, 0.3) is 0 Å². The molecule has 31 heavy (non-hydrogen) atoms. The third-order valence-electron chi connectivity index (χ3n) is 5.44. The average molecular weight is 434 g/mol. The van der Waals surface area contributed by atoms with Gasteiger partial charge in [-0.3, -0.25) is 9.59 Å². The topological polar surface area (TPSA) is 43.9 Å². The predicted molar refractivity (Wildman–Crippen MR) is 125 cm³/mol. The number of amides is 2. The molecule has 6 heteroatoms. The fourth-order valence-corrected chi connectivity index (χ4v) is 3.85. The van der Waals surface area contributed by atoms with Crippen LogP contribution in [0.1, 0.15) is 21.5 Å². The molecule has 4 rings (SSSR count). The van der Waals surface area contributed by atoms with Gasteiger partial charge in [-0.25, -0.2) is 0 Å². The van der Waals surface area contributed by atoms with E-state index in [-0.39, 0.29) is 18.4 Å². The Hall–Kier alpha value is -3.31. The summed E-state index contributed by atoms with van der Waals surface area (Å²) in [6, 6.07) is 22.7. The van der Waals surface area contributed by atoms with Crippen molar-refractivity contribution in [3.8, 4) is 0 Å². The van der Waals surface area contributed by atoms with E-state index in [1.807, 2.05) is 67.5 Å². The minimum Gasteiger partial charge on any atom is -0.378 e. The Balaban J connectivity index is 1.62. The van der Waals surface area contributed by atoms with Gasteiger partial charge in [0.2, 0.25) is 5.91 Å². The van der Waals surface area contributed by atoms with Crippen LogP contribution in [0.4, 0.5) is 11.4 Å². The van der Waals surface area contributed by atoms with Crippen molar-refractivity contribution in [3.63, 3.8) is 0 Å². The summed E-state index contributed by atoms with van der Waals surface area (Å²) < 4.78 is 0. The predicted octanol–water partition coefficient (Wildman–Crippen LogP) is 4.60. The molecule has 0 atom stereocenters. The standard InChI is InChI=1S/C25H24ClN3O2/c1-27(2)22-13-7-18(8-14-22)15-29-23-6-4-3-5-20(23)16-28(17-24(29)30)25(31)19-9-11-21(26)12-10-19/h3-14H,15-17H2,1-2H3. The van der Waals surface area contributed by atoms with Gasteiger partial charge in [0, 0.05) is 42.6 Å². The van der Waals surface area contributed by atoms with E-state index in [4.69, 9.17) is 11.6 Å². The lowest BCUT2D eigenvalue weighted by atomic mass is 10.1. The van der Waals surface area contributed by atoms with Gasteiger partial charge in [-0.15, -0.1) is 0 Å². The van der Waals surface area contributed by atoms with Crippen molar-refractivity contribution in [3.05, 3.63) is 94.5 Å². The summed E-state index contributed by atoms with van der Waals surface area (Å²) >= 11 is 5.95. The molecule has 0 saturated heterocycles. The highest BCUT2D eigenvalue weighted by Gasteiger charge is 2.29. The molecule has 1 aliphatic heterocycles. The van der Waals surface area contributed by atoms with E-state index in [0.29, 0.717) is 23.7 Å². The van der Waals surface area contributed by atoms with Crippen LogP contribution >= 0.6 is 11.6 Å². The minimum atomic E-state index is -0.183. The molecule has 0 spiro atoms. The fourth-order valence-electron chi connectivity index (χ4n) is 3.73. The minimum absolute atomic E-state index is 0.0198. The van der Waals surface area contributed by atoms with Gasteiger partial charge in [0.15, 0.2) is 0 Å². The molecule has 2 amide bonds. The van der Waals surface area contributed by atoms with E-state index in [9.17, 15) is 9.59 Å².